The van der Waals surface area contributed by atoms with Crippen LogP contribution in [-0.4, -0.2) is 17.6 Å². The maximum absolute atomic E-state index is 5.97. The fourth-order valence-electron chi connectivity index (χ4n) is 2.52. The summed E-state index contributed by atoms with van der Waals surface area (Å²) < 4.78 is 0. The lowest BCUT2D eigenvalue weighted by molar-refractivity contribution is 0.605. The molecule has 3 heteroatoms. The lowest BCUT2D eigenvalue weighted by atomic mass is 10.0. The van der Waals surface area contributed by atoms with Crippen LogP contribution in [0.5, 0.6) is 0 Å². The Kier molecular flexibility index (Phi) is 2.62. The molecule has 16 heavy (non-hydrogen) atoms. The third kappa shape index (κ3) is 1.83. The number of nitrogens with one attached hydrogen (secondary N) is 2. The van der Waals surface area contributed by atoms with E-state index in [2.05, 4.69) is 22.6 Å². The van der Waals surface area contributed by atoms with Crippen LogP contribution in [-0.2, 0) is 6.42 Å². The van der Waals surface area contributed by atoms with Crippen LogP contribution >= 0.6 is 11.6 Å². The van der Waals surface area contributed by atoms with E-state index in [-0.39, 0.29) is 0 Å². The molecule has 84 valence electrons. The molecule has 1 unspecified atom stereocenters. The molecule has 1 aliphatic heterocycles. The molecule has 1 fully saturated rings. The van der Waals surface area contributed by atoms with Gasteiger partial charge in [-0.15, -0.1) is 0 Å². The molecule has 3 rings (SSSR count). The van der Waals surface area contributed by atoms with Crippen LogP contribution in [0.2, 0.25) is 5.02 Å². The van der Waals surface area contributed by atoms with Gasteiger partial charge in [0.1, 0.15) is 0 Å². The van der Waals surface area contributed by atoms with Gasteiger partial charge in [0.2, 0.25) is 0 Å². The van der Waals surface area contributed by atoms with Crippen molar-refractivity contribution in [2.45, 2.75) is 25.3 Å². The van der Waals surface area contributed by atoms with Crippen molar-refractivity contribution in [3.63, 3.8) is 0 Å². The monoisotopic (exact) mass is 234 g/mol. The van der Waals surface area contributed by atoms with Gasteiger partial charge < -0.3 is 10.3 Å². The largest absolute Gasteiger partial charge is 0.361 e. The van der Waals surface area contributed by atoms with Crippen LogP contribution < -0.4 is 5.32 Å². The highest BCUT2D eigenvalue weighted by Crippen LogP contribution is 2.24. The highest BCUT2D eigenvalue weighted by molar-refractivity contribution is 6.31. The predicted molar refractivity (Wildman–Crippen MR) is 68.0 cm³/mol. The summed E-state index contributed by atoms with van der Waals surface area (Å²) in [7, 11) is 0. The third-order valence-electron chi connectivity index (χ3n) is 3.36. The van der Waals surface area contributed by atoms with Gasteiger partial charge in [-0.05, 0) is 43.5 Å². The van der Waals surface area contributed by atoms with Gasteiger partial charge in [-0.25, -0.2) is 0 Å². The minimum absolute atomic E-state index is 0.648. The van der Waals surface area contributed by atoms with E-state index in [1.165, 1.54) is 30.3 Å². The Morgan fingerprint density at radius 1 is 1.38 bits per heavy atom. The average Bonchev–Trinajstić information content (AvgIpc) is 2.89. The number of benzene rings is 1. The molecule has 2 N–H and O–H groups in total. The van der Waals surface area contributed by atoms with Gasteiger partial charge in [-0.3, -0.25) is 0 Å². The van der Waals surface area contributed by atoms with E-state index in [1.807, 2.05) is 12.1 Å². The molecule has 2 heterocycles. The van der Waals surface area contributed by atoms with Crippen molar-refractivity contribution in [1.29, 1.82) is 0 Å². The number of rotatable bonds is 2. The van der Waals surface area contributed by atoms with Crippen LogP contribution in [0.15, 0.2) is 24.4 Å². The molecule has 1 aromatic heterocycles. The number of H-pyrrole nitrogens is 1. The summed E-state index contributed by atoms with van der Waals surface area (Å²) in [5.41, 5.74) is 2.53. The minimum atomic E-state index is 0.648. The smallest absolute Gasteiger partial charge is 0.0471 e. The molecule has 2 aromatic rings. The zero-order valence-electron chi connectivity index (χ0n) is 9.09. The van der Waals surface area contributed by atoms with Crippen molar-refractivity contribution in [1.82, 2.24) is 10.3 Å². The Bertz CT molecular complexity index is 498. The first-order valence-corrected chi connectivity index (χ1v) is 6.19. The molecule has 1 saturated heterocycles. The van der Waals surface area contributed by atoms with E-state index in [9.17, 15) is 0 Å². The molecule has 0 bridgehead atoms. The number of aromatic nitrogens is 1. The highest BCUT2D eigenvalue weighted by atomic mass is 35.5. The normalized spacial score (nSPS) is 20.7. The SMILES string of the molecule is Clc1ccc2c(CC3CCCN3)c[nH]c2c1. The zero-order chi connectivity index (χ0) is 11.0. The van der Waals surface area contributed by atoms with Crippen molar-refractivity contribution < 1.29 is 0 Å². The molecule has 1 atom stereocenters. The van der Waals surface area contributed by atoms with Gasteiger partial charge in [0.15, 0.2) is 0 Å². The number of hydrogen-bond donors (Lipinski definition) is 2. The molecular formula is C13H15ClN2. The Morgan fingerprint density at radius 2 is 2.31 bits per heavy atom. The Balaban J connectivity index is 1.91. The third-order valence-corrected chi connectivity index (χ3v) is 3.59. The summed E-state index contributed by atoms with van der Waals surface area (Å²) in [5, 5.41) is 5.63. The van der Waals surface area contributed by atoms with Gasteiger partial charge in [0, 0.05) is 28.2 Å². The molecule has 2 nitrogen and oxygen atoms in total. The van der Waals surface area contributed by atoms with Gasteiger partial charge in [-0.2, -0.15) is 0 Å². The van der Waals surface area contributed by atoms with E-state index in [4.69, 9.17) is 11.6 Å². The number of halogens is 1. The molecule has 1 aliphatic rings. The molecule has 0 aliphatic carbocycles. The molecular weight excluding hydrogens is 220 g/mol. The molecule has 1 aromatic carbocycles. The Labute approximate surface area is 100.0 Å². The quantitative estimate of drug-likeness (QED) is 0.821. The standard InChI is InChI=1S/C13H15ClN2/c14-10-3-4-12-9(8-16-13(12)7-10)6-11-2-1-5-15-11/h3-4,7-8,11,15-16H,1-2,5-6H2. The second-order valence-corrected chi connectivity index (χ2v) is 4.94. The first kappa shape index (κ1) is 10.2. The van der Waals surface area contributed by atoms with Gasteiger partial charge in [0.05, 0.1) is 0 Å². The minimum Gasteiger partial charge on any atom is -0.361 e. The fourth-order valence-corrected chi connectivity index (χ4v) is 2.70. The van der Waals surface area contributed by atoms with Crippen molar-refractivity contribution >= 4 is 22.5 Å². The van der Waals surface area contributed by atoms with Gasteiger partial charge >= 0.3 is 0 Å². The highest BCUT2D eigenvalue weighted by Gasteiger charge is 2.16. The zero-order valence-corrected chi connectivity index (χ0v) is 9.85. The summed E-state index contributed by atoms with van der Waals surface area (Å²) in [6.07, 6.45) is 5.82. The summed E-state index contributed by atoms with van der Waals surface area (Å²) in [6, 6.07) is 6.71. The van der Waals surface area contributed by atoms with Crippen LogP contribution in [0.1, 0.15) is 18.4 Å². The maximum atomic E-state index is 5.97. The summed E-state index contributed by atoms with van der Waals surface area (Å²) in [5.74, 6) is 0. The summed E-state index contributed by atoms with van der Waals surface area (Å²) in [4.78, 5) is 3.29. The van der Waals surface area contributed by atoms with Crippen molar-refractivity contribution in [3.05, 3.63) is 35.0 Å². The van der Waals surface area contributed by atoms with Gasteiger partial charge in [-0.1, -0.05) is 17.7 Å². The lowest BCUT2D eigenvalue weighted by Crippen LogP contribution is -2.23. The Hall–Kier alpha value is -0.990. The number of fused-ring (bicyclic) bond motifs is 1. The molecule has 0 spiro atoms. The van der Waals surface area contributed by atoms with Crippen LogP contribution in [0, 0.1) is 0 Å². The van der Waals surface area contributed by atoms with Crippen molar-refractivity contribution in [2.24, 2.45) is 0 Å². The van der Waals surface area contributed by atoms with E-state index in [0.717, 1.165) is 17.0 Å². The predicted octanol–water partition coefficient (Wildman–Crippen LogP) is 3.12. The number of hydrogen-bond acceptors (Lipinski definition) is 1. The van der Waals surface area contributed by atoms with E-state index < -0.39 is 0 Å². The fraction of sp³-hybridized carbons (Fsp3) is 0.385. The summed E-state index contributed by atoms with van der Waals surface area (Å²) >= 11 is 5.97. The number of aromatic amines is 1. The second-order valence-electron chi connectivity index (χ2n) is 4.50. The van der Waals surface area contributed by atoms with Crippen LogP contribution in [0.4, 0.5) is 0 Å². The van der Waals surface area contributed by atoms with Crippen LogP contribution in [0.25, 0.3) is 10.9 Å². The first-order chi connectivity index (χ1) is 7.83. The lowest BCUT2D eigenvalue weighted by Gasteiger charge is -2.08. The Morgan fingerprint density at radius 3 is 3.12 bits per heavy atom. The maximum Gasteiger partial charge on any atom is 0.0471 e. The van der Waals surface area contributed by atoms with Gasteiger partial charge in [0.25, 0.3) is 0 Å². The molecule has 0 saturated carbocycles. The molecule has 0 amide bonds. The molecule has 0 radical (unpaired) electrons. The second kappa shape index (κ2) is 4.11. The first-order valence-electron chi connectivity index (χ1n) is 5.82. The van der Waals surface area contributed by atoms with E-state index >= 15 is 0 Å². The van der Waals surface area contributed by atoms with E-state index in [1.54, 1.807) is 0 Å². The van der Waals surface area contributed by atoms with Crippen LogP contribution in [0.3, 0.4) is 0 Å². The summed E-state index contributed by atoms with van der Waals surface area (Å²) in [6.45, 7) is 1.17. The van der Waals surface area contributed by atoms with Crippen molar-refractivity contribution in [3.8, 4) is 0 Å². The van der Waals surface area contributed by atoms with E-state index in [0.29, 0.717) is 6.04 Å². The average molecular weight is 235 g/mol. The van der Waals surface area contributed by atoms with Crippen molar-refractivity contribution in [2.75, 3.05) is 6.54 Å². The topological polar surface area (TPSA) is 27.8 Å².